The molecule has 0 unspecified atom stereocenters. The summed E-state index contributed by atoms with van der Waals surface area (Å²) in [4.78, 5) is 11.4. The quantitative estimate of drug-likeness (QED) is 0.751. The molecule has 4 rings (SSSR count). The van der Waals surface area contributed by atoms with E-state index in [0.29, 0.717) is 33.2 Å². The second-order valence-corrected chi connectivity index (χ2v) is 7.55. The molecular formula is C18H20ClN5O. The van der Waals surface area contributed by atoms with Crippen LogP contribution in [-0.4, -0.2) is 33.3 Å². The zero-order valence-corrected chi connectivity index (χ0v) is 15.0. The minimum absolute atomic E-state index is 0.377. The lowest BCUT2D eigenvalue weighted by Crippen LogP contribution is -2.37. The minimum Gasteiger partial charge on any atom is -0.434 e. The smallest absolute Gasteiger partial charge is 0.266 e. The molecule has 0 spiro atoms. The van der Waals surface area contributed by atoms with E-state index in [4.69, 9.17) is 16.3 Å². The SMILES string of the molecule is CC1(C)CCN(c2cnc3c(Oc4ccccc4Cl)n[nH]c3n2)CC1. The number of halogens is 1. The van der Waals surface area contributed by atoms with Crippen LogP contribution in [0, 0.1) is 5.41 Å². The lowest BCUT2D eigenvalue weighted by molar-refractivity contribution is 0.279. The molecule has 0 radical (unpaired) electrons. The van der Waals surface area contributed by atoms with Gasteiger partial charge in [0.05, 0.1) is 11.2 Å². The van der Waals surface area contributed by atoms with E-state index < -0.39 is 0 Å². The summed E-state index contributed by atoms with van der Waals surface area (Å²) in [6, 6.07) is 7.27. The van der Waals surface area contributed by atoms with Crippen molar-refractivity contribution in [3.8, 4) is 11.6 Å². The summed E-state index contributed by atoms with van der Waals surface area (Å²) in [6.07, 6.45) is 4.09. The number of piperidine rings is 1. The molecule has 0 amide bonds. The number of rotatable bonds is 3. The van der Waals surface area contributed by atoms with Crippen molar-refractivity contribution in [3.63, 3.8) is 0 Å². The number of H-pyrrole nitrogens is 1. The van der Waals surface area contributed by atoms with Crippen LogP contribution in [0.15, 0.2) is 30.5 Å². The molecular weight excluding hydrogens is 338 g/mol. The van der Waals surface area contributed by atoms with Crippen molar-refractivity contribution in [2.24, 2.45) is 5.41 Å². The molecule has 1 aromatic carbocycles. The number of hydrogen-bond donors (Lipinski definition) is 1. The van der Waals surface area contributed by atoms with Crippen LogP contribution < -0.4 is 9.64 Å². The highest BCUT2D eigenvalue weighted by atomic mass is 35.5. The number of aromatic nitrogens is 4. The van der Waals surface area contributed by atoms with Crippen molar-refractivity contribution in [1.82, 2.24) is 20.2 Å². The fourth-order valence-electron chi connectivity index (χ4n) is 2.97. The van der Waals surface area contributed by atoms with Crippen molar-refractivity contribution in [2.45, 2.75) is 26.7 Å². The summed E-state index contributed by atoms with van der Waals surface area (Å²) >= 11 is 6.14. The first-order valence-corrected chi connectivity index (χ1v) is 8.78. The molecule has 130 valence electrons. The number of aromatic amines is 1. The molecule has 3 aromatic rings. The molecule has 2 aromatic heterocycles. The van der Waals surface area contributed by atoms with Crippen LogP contribution in [0.2, 0.25) is 5.02 Å². The highest BCUT2D eigenvalue weighted by Crippen LogP contribution is 2.33. The summed E-state index contributed by atoms with van der Waals surface area (Å²) in [7, 11) is 0. The van der Waals surface area contributed by atoms with Gasteiger partial charge in [0.15, 0.2) is 11.2 Å². The molecule has 0 atom stereocenters. The average molecular weight is 358 g/mol. The van der Waals surface area contributed by atoms with Crippen molar-refractivity contribution in [2.75, 3.05) is 18.0 Å². The predicted octanol–water partition coefficient (Wildman–Crippen LogP) is 4.43. The van der Waals surface area contributed by atoms with Crippen LogP contribution in [0.3, 0.4) is 0 Å². The van der Waals surface area contributed by atoms with Crippen molar-refractivity contribution < 1.29 is 4.74 Å². The fourth-order valence-corrected chi connectivity index (χ4v) is 3.14. The lowest BCUT2D eigenvalue weighted by atomic mass is 9.83. The number of hydrogen-bond acceptors (Lipinski definition) is 5. The van der Waals surface area contributed by atoms with Gasteiger partial charge in [0.2, 0.25) is 0 Å². The molecule has 1 saturated heterocycles. The molecule has 6 nitrogen and oxygen atoms in total. The van der Waals surface area contributed by atoms with E-state index in [1.54, 1.807) is 18.3 Å². The third-order valence-electron chi connectivity index (χ3n) is 4.71. The molecule has 7 heteroatoms. The van der Waals surface area contributed by atoms with Gasteiger partial charge in [-0.05, 0) is 30.4 Å². The van der Waals surface area contributed by atoms with Crippen LogP contribution in [0.4, 0.5) is 5.82 Å². The van der Waals surface area contributed by atoms with Gasteiger partial charge in [0.1, 0.15) is 11.6 Å². The molecule has 0 saturated carbocycles. The van der Waals surface area contributed by atoms with Crippen molar-refractivity contribution >= 4 is 28.6 Å². The van der Waals surface area contributed by atoms with E-state index in [2.05, 4.69) is 38.9 Å². The Labute approximate surface area is 151 Å². The van der Waals surface area contributed by atoms with Gasteiger partial charge in [-0.25, -0.2) is 9.97 Å². The number of fused-ring (bicyclic) bond motifs is 1. The minimum atomic E-state index is 0.377. The first-order chi connectivity index (χ1) is 12.0. The van der Waals surface area contributed by atoms with Crippen LogP contribution in [0.1, 0.15) is 26.7 Å². The molecule has 25 heavy (non-hydrogen) atoms. The average Bonchev–Trinajstić information content (AvgIpc) is 2.99. The lowest BCUT2D eigenvalue weighted by Gasteiger charge is -2.37. The topological polar surface area (TPSA) is 66.9 Å². The van der Waals surface area contributed by atoms with Gasteiger partial charge >= 0.3 is 0 Å². The van der Waals surface area contributed by atoms with Gasteiger partial charge in [-0.1, -0.05) is 37.6 Å². The maximum Gasteiger partial charge on any atom is 0.266 e. The summed E-state index contributed by atoms with van der Waals surface area (Å²) in [5.74, 6) is 1.79. The van der Waals surface area contributed by atoms with Gasteiger partial charge in [-0.3, -0.25) is 5.10 Å². The van der Waals surface area contributed by atoms with E-state index >= 15 is 0 Å². The Kier molecular flexibility index (Phi) is 4.00. The monoisotopic (exact) mass is 357 g/mol. The molecule has 1 aliphatic rings. The van der Waals surface area contributed by atoms with Gasteiger partial charge in [0, 0.05) is 13.1 Å². The Bertz CT molecular complexity index is 897. The fraction of sp³-hybridized carbons (Fsp3) is 0.389. The summed E-state index contributed by atoms with van der Waals surface area (Å²) < 4.78 is 5.78. The predicted molar refractivity (Wildman–Crippen MR) is 98.4 cm³/mol. The molecule has 1 N–H and O–H groups in total. The van der Waals surface area contributed by atoms with Crippen LogP contribution >= 0.6 is 11.6 Å². The van der Waals surface area contributed by atoms with Gasteiger partial charge in [-0.15, -0.1) is 5.10 Å². The van der Waals surface area contributed by atoms with Crippen molar-refractivity contribution in [3.05, 3.63) is 35.5 Å². The number of nitrogens with zero attached hydrogens (tertiary/aromatic N) is 4. The third-order valence-corrected chi connectivity index (χ3v) is 5.02. The number of anilines is 1. The van der Waals surface area contributed by atoms with Crippen LogP contribution in [-0.2, 0) is 0 Å². The molecule has 0 aliphatic carbocycles. The maximum atomic E-state index is 6.14. The second-order valence-electron chi connectivity index (χ2n) is 7.14. The van der Waals surface area contributed by atoms with E-state index in [1.165, 1.54) is 0 Å². The molecule has 1 fully saturated rings. The molecule has 3 heterocycles. The largest absolute Gasteiger partial charge is 0.434 e. The van der Waals surface area contributed by atoms with Gasteiger partial charge < -0.3 is 9.64 Å². The number of nitrogens with one attached hydrogen (secondary N) is 1. The van der Waals surface area contributed by atoms with Crippen LogP contribution in [0.5, 0.6) is 11.6 Å². The first kappa shape index (κ1) is 16.1. The Hall–Kier alpha value is -2.34. The highest BCUT2D eigenvalue weighted by Gasteiger charge is 2.26. The Morgan fingerprint density at radius 2 is 1.96 bits per heavy atom. The highest BCUT2D eigenvalue weighted by molar-refractivity contribution is 6.32. The standard InChI is InChI=1S/C18H20ClN5O/c1-18(2)7-9-24(10-8-18)14-11-20-15-16(21-14)22-23-17(15)25-13-6-4-3-5-12(13)19/h3-6,11H,7-10H2,1-2H3,(H,21,22,23). The zero-order chi connectivity index (χ0) is 17.4. The maximum absolute atomic E-state index is 6.14. The molecule has 1 aliphatic heterocycles. The van der Waals surface area contributed by atoms with E-state index in [-0.39, 0.29) is 0 Å². The number of ether oxygens (including phenoxy) is 1. The van der Waals surface area contributed by atoms with E-state index in [9.17, 15) is 0 Å². The summed E-state index contributed by atoms with van der Waals surface area (Å²) in [6.45, 7) is 6.60. The first-order valence-electron chi connectivity index (χ1n) is 8.40. The Morgan fingerprint density at radius 3 is 2.72 bits per heavy atom. The van der Waals surface area contributed by atoms with E-state index in [0.717, 1.165) is 31.7 Å². The van der Waals surface area contributed by atoms with Gasteiger partial charge in [-0.2, -0.15) is 0 Å². The van der Waals surface area contributed by atoms with Gasteiger partial charge in [0.25, 0.3) is 5.88 Å². The van der Waals surface area contributed by atoms with E-state index in [1.807, 2.05) is 12.1 Å². The zero-order valence-electron chi connectivity index (χ0n) is 14.3. The normalized spacial score (nSPS) is 17.0. The third kappa shape index (κ3) is 3.26. The number of benzene rings is 1. The molecule has 0 bridgehead atoms. The van der Waals surface area contributed by atoms with Crippen LogP contribution in [0.25, 0.3) is 11.2 Å². The summed E-state index contributed by atoms with van der Waals surface area (Å²) in [5.41, 5.74) is 1.61. The van der Waals surface area contributed by atoms with Crippen molar-refractivity contribution in [1.29, 1.82) is 0 Å². The summed E-state index contributed by atoms with van der Waals surface area (Å²) in [5, 5.41) is 7.62. The second kappa shape index (κ2) is 6.19. The number of para-hydroxylation sites is 1. The Morgan fingerprint density at radius 1 is 1.20 bits per heavy atom. The Balaban J connectivity index is 1.58.